The first-order chi connectivity index (χ1) is 8.69. The molecule has 0 fully saturated rings. The summed E-state index contributed by atoms with van der Waals surface area (Å²) in [6.07, 6.45) is 1.14. The van der Waals surface area contributed by atoms with Crippen LogP contribution in [-0.4, -0.2) is 31.4 Å². The van der Waals surface area contributed by atoms with Crippen molar-refractivity contribution in [2.24, 2.45) is 0 Å². The molecule has 0 aliphatic carbocycles. The van der Waals surface area contributed by atoms with Crippen LogP contribution < -0.4 is 5.32 Å². The largest absolute Gasteiger partial charge is 0.309 e. The van der Waals surface area contributed by atoms with Crippen molar-refractivity contribution in [3.63, 3.8) is 0 Å². The molecule has 0 radical (unpaired) electrons. The van der Waals surface area contributed by atoms with Gasteiger partial charge in [0.1, 0.15) is 9.84 Å². The van der Waals surface area contributed by atoms with E-state index < -0.39 is 26.3 Å². The van der Waals surface area contributed by atoms with Gasteiger partial charge in [-0.05, 0) is 18.6 Å². The molecule has 1 aromatic rings. The molecule has 0 aromatic heterocycles. The molecule has 0 aliphatic heterocycles. The van der Waals surface area contributed by atoms with Gasteiger partial charge in [-0.1, -0.05) is 6.07 Å². The molecule has 0 saturated carbocycles. The molecule has 1 unspecified atom stereocenters. The minimum atomic E-state index is -3.08. The smallest absolute Gasteiger partial charge is 0.304 e. The van der Waals surface area contributed by atoms with E-state index in [2.05, 4.69) is 5.32 Å². The highest BCUT2D eigenvalue weighted by atomic mass is 32.2. The fraction of sp³-hybridized carbons (Fsp3) is 0.455. The number of halogens is 1. The lowest BCUT2D eigenvalue weighted by Crippen LogP contribution is -2.32. The molecule has 1 aromatic carbocycles. The van der Waals surface area contributed by atoms with E-state index in [0.29, 0.717) is 5.56 Å². The predicted molar refractivity (Wildman–Crippen MR) is 69.1 cm³/mol. The fourth-order valence-corrected chi connectivity index (χ4v) is 2.64. The van der Waals surface area contributed by atoms with E-state index in [0.717, 1.165) is 18.4 Å². The lowest BCUT2D eigenvalue weighted by Gasteiger charge is -2.12. The Bertz CT molecular complexity index is 574. The lowest BCUT2D eigenvalue weighted by atomic mass is 10.2. The molecule has 0 bridgehead atoms. The minimum Gasteiger partial charge on any atom is -0.309 e. The Labute approximate surface area is 110 Å². The molecular weight excluding hydrogens is 275 g/mol. The van der Waals surface area contributed by atoms with Gasteiger partial charge in [0.15, 0.2) is 0 Å². The average molecular weight is 290 g/mol. The Kier molecular flexibility index (Phi) is 4.96. The van der Waals surface area contributed by atoms with Gasteiger partial charge in [-0.25, -0.2) is 8.42 Å². The number of nitro groups is 1. The fourth-order valence-electron chi connectivity index (χ4n) is 1.61. The maximum Gasteiger partial charge on any atom is 0.304 e. The van der Waals surface area contributed by atoms with E-state index in [9.17, 15) is 22.9 Å². The van der Waals surface area contributed by atoms with Crippen molar-refractivity contribution in [1.29, 1.82) is 0 Å². The number of hydrogen-bond acceptors (Lipinski definition) is 5. The lowest BCUT2D eigenvalue weighted by molar-refractivity contribution is -0.387. The van der Waals surface area contributed by atoms with Crippen LogP contribution in [0.5, 0.6) is 0 Å². The monoisotopic (exact) mass is 290 g/mol. The number of nitro benzene ring substituents is 1. The van der Waals surface area contributed by atoms with Gasteiger partial charge < -0.3 is 5.32 Å². The van der Waals surface area contributed by atoms with E-state index in [1.165, 1.54) is 6.07 Å². The maximum absolute atomic E-state index is 13.3. The van der Waals surface area contributed by atoms with Crippen molar-refractivity contribution in [2.45, 2.75) is 19.5 Å². The second-order valence-electron chi connectivity index (χ2n) is 4.42. The maximum atomic E-state index is 13.3. The quantitative estimate of drug-likeness (QED) is 0.629. The van der Waals surface area contributed by atoms with Crippen molar-refractivity contribution < 1.29 is 17.7 Å². The van der Waals surface area contributed by atoms with Crippen LogP contribution in [0, 0.1) is 15.9 Å². The van der Waals surface area contributed by atoms with Crippen LogP contribution in [-0.2, 0) is 16.4 Å². The Morgan fingerprint density at radius 2 is 2.11 bits per heavy atom. The molecular formula is C11H15FN2O4S. The van der Waals surface area contributed by atoms with Crippen LogP contribution in [0.15, 0.2) is 18.2 Å². The molecule has 1 rings (SSSR count). The highest BCUT2D eigenvalue weighted by Gasteiger charge is 2.14. The van der Waals surface area contributed by atoms with Gasteiger partial charge >= 0.3 is 5.69 Å². The average Bonchev–Trinajstić information content (AvgIpc) is 2.23. The molecule has 0 saturated heterocycles. The van der Waals surface area contributed by atoms with Crippen molar-refractivity contribution in [3.05, 3.63) is 39.7 Å². The van der Waals surface area contributed by atoms with Crippen LogP contribution in [0.3, 0.4) is 0 Å². The first-order valence-electron chi connectivity index (χ1n) is 5.53. The minimum absolute atomic E-state index is 0.0253. The number of benzene rings is 1. The summed E-state index contributed by atoms with van der Waals surface area (Å²) in [4.78, 5) is 9.65. The van der Waals surface area contributed by atoms with Gasteiger partial charge in [-0.15, -0.1) is 0 Å². The third-order valence-corrected chi connectivity index (χ3v) is 3.52. The zero-order valence-corrected chi connectivity index (χ0v) is 11.4. The summed E-state index contributed by atoms with van der Waals surface area (Å²) in [5.41, 5.74) is -0.0589. The zero-order chi connectivity index (χ0) is 14.6. The van der Waals surface area contributed by atoms with Crippen LogP contribution in [0.4, 0.5) is 10.1 Å². The van der Waals surface area contributed by atoms with E-state index in [1.54, 1.807) is 6.92 Å². The van der Waals surface area contributed by atoms with Crippen LogP contribution in [0.25, 0.3) is 0 Å². The number of nitrogens with one attached hydrogen (secondary N) is 1. The number of nitrogens with zero attached hydrogens (tertiary/aromatic N) is 1. The summed E-state index contributed by atoms with van der Waals surface area (Å²) >= 11 is 0. The molecule has 0 heterocycles. The van der Waals surface area contributed by atoms with E-state index in [1.807, 2.05) is 0 Å². The SMILES string of the molecule is CC(CS(C)(=O)=O)NCc1ccc([N+](=O)[O-])c(F)c1. The van der Waals surface area contributed by atoms with Crippen LogP contribution in [0.2, 0.25) is 0 Å². The van der Waals surface area contributed by atoms with Gasteiger partial charge in [0.05, 0.1) is 10.7 Å². The standard InChI is InChI=1S/C11H15FN2O4S/c1-8(7-19(2,17)18)13-6-9-3-4-11(14(15)16)10(12)5-9/h3-5,8,13H,6-7H2,1-2H3. The Hall–Kier alpha value is -1.54. The third kappa shape index (κ3) is 5.31. The summed E-state index contributed by atoms with van der Waals surface area (Å²) < 4.78 is 35.4. The third-order valence-electron chi connectivity index (χ3n) is 2.42. The summed E-state index contributed by atoms with van der Waals surface area (Å²) in [5, 5.41) is 13.4. The Morgan fingerprint density at radius 1 is 1.47 bits per heavy atom. The number of hydrogen-bond donors (Lipinski definition) is 1. The van der Waals surface area contributed by atoms with Crippen molar-refractivity contribution in [3.8, 4) is 0 Å². The Balaban J connectivity index is 2.64. The van der Waals surface area contributed by atoms with Crippen molar-refractivity contribution in [2.75, 3.05) is 12.0 Å². The molecule has 0 spiro atoms. The molecule has 1 atom stereocenters. The van der Waals surface area contributed by atoms with Gasteiger partial charge in [-0.2, -0.15) is 4.39 Å². The molecule has 19 heavy (non-hydrogen) atoms. The molecule has 1 N–H and O–H groups in total. The van der Waals surface area contributed by atoms with Gasteiger partial charge in [-0.3, -0.25) is 10.1 Å². The van der Waals surface area contributed by atoms with Crippen LogP contribution >= 0.6 is 0 Å². The number of rotatable bonds is 6. The van der Waals surface area contributed by atoms with Gasteiger partial charge in [0.25, 0.3) is 0 Å². The predicted octanol–water partition coefficient (Wildman–Crippen LogP) is 1.26. The van der Waals surface area contributed by atoms with Gasteiger partial charge in [0, 0.05) is 24.9 Å². The second kappa shape index (κ2) is 6.07. The summed E-state index contributed by atoms with van der Waals surface area (Å²) in [6.45, 7) is 1.94. The first-order valence-corrected chi connectivity index (χ1v) is 7.59. The molecule has 0 amide bonds. The van der Waals surface area contributed by atoms with Crippen molar-refractivity contribution >= 4 is 15.5 Å². The molecule has 6 nitrogen and oxygen atoms in total. The summed E-state index contributed by atoms with van der Waals surface area (Å²) in [7, 11) is -3.08. The summed E-state index contributed by atoms with van der Waals surface area (Å²) in [6, 6.07) is 3.31. The van der Waals surface area contributed by atoms with Gasteiger partial charge in [0.2, 0.25) is 5.82 Å². The van der Waals surface area contributed by atoms with Crippen molar-refractivity contribution in [1.82, 2.24) is 5.32 Å². The highest BCUT2D eigenvalue weighted by molar-refractivity contribution is 7.90. The topological polar surface area (TPSA) is 89.3 Å². The number of sulfone groups is 1. The highest BCUT2D eigenvalue weighted by Crippen LogP contribution is 2.17. The summed E-state index contributed by atoms with van der Waals surface area (Å²) in [5.74, 6) is -0.928. The molecule has 8 heteroatoms. The van der Waals surface area contributed by atoms with E-state index in [-0.39, 0.29) is 18.3 Å². The van der Waals surface area contributed by atoms with Crippen LogP contribution in [0.1, 0.15) is 12.5 Å². The zero-order valence-electron chi connectivity index (χ0n) is 10.6. The second-order valence-corrected chi connectivity index (χ2v) is 6.60. The normalized spacial score (nSPS) is 13.2. The van der Waals surface area contributed by atoms with E-state index >= 15 is 0 Å². The Morgan fingerprint density at radius 3 is 2.58 bits per heavy atom. The molecule has 0 aliphatic rings. The molecule has 106 valence electrons. The first kappa shape index (κ1) is 15.5. The van der Waals surface area contributed by atoms with E-state index in [4.69, 9.17) is 0 Å².